The number of hydrogen-bond acceptors (Lipinski definition) is 4. The van der Waals surface area contributed by atoms with Crippen LogP contribution in [0.5, 0.6) is 0 Å². The molecule has 0 spiro atoms. The number of nitrogens with zero attached hydrogens (tertiary/aromatic N) is 2. The third-order valence-electron chi connectivity index (χ3n) is 1.42. The average Bonchev–Trinajstić information content (AvgIpc) is 2.17. The van der Waals surface area contributed by atoms with Crippen LogP contribution in [-0.4, -0.2) is 21.9 Å². The predicted octanol–water partition coefficient (Wildman–Crippen LogP) is 0.885. The Morgan fingerprint density at radius 1 is 1.69 bits per heavy atom. The van der Waals surface area contributed by atoms with Gasteiger partial charge in [0.15, 0.2) is 0 Å². The van der Waals surface area contributed by atoms with Crippen LogP contribution in [0, 0.1) is 10.1 Å². The molecule has 13 heavy (non-hydrogen) atoms. The SMILES string of the molecule is CNC(=S)c1ccc([N+](=O)[O-])cn1. The number of pyridine rings is 1. The molecule has 0 saturated heterocycles. The third-order valence-corrected chi connectivity index (χ3v) is 1.83. The highest BCUT2D eigenvalue weighted by molar-refractivity contribution is 7.80. The summed E-state index contributed by atoms with van der Waals surface area (Å²) in [7, 11) is 1.67. The van der Waals surface area contributed by atoms with E-state index >= 15 is 0 Å². The minimum atomic E-state index is -0.501. The number of thiocarbonyl (C=S) groups is 1. The fourth-order valence-corrected chi connectivity index (χ4v) is 0.877. The standard InChI is InChI=1S/C7H7N3O2S/c1-8-7(13)6-3-2-5(4-9-6)10(11)12/h2-4H,1H3,(H,8,13). The zero-order valence-electron chi connectivity index (χ0n) is 6.85. The third kappa shape index (κ3) is 2.19. The summed E-state index contributed by atoms with van der Waals surface area (Å²) in [5.41, 5.74) is 0.491. The molecule has 0 aliphatic rings. The summed E-state index contributed by atoms with van der Waals surface area (Å²) in [5, 5.41) is 13.0. The summed E-state index contributed by atoms with van der Waals surface area (Å²) in [6.45, 7) is 0. The summed E-state index contributed by atoms with van der Waals surface area (Å²) in [6.07, 6.45) is 1.18. The molecule has 5 nitrogen and oxygen atoms in total. The number of nitro groups is 1. The van der Waals surface area contributed by atoms with Gasteiger partial charge in [-0.15, -0.1) is 0 Å². The van der Waals surface area contributed by atoms with Crippen molar-refractivity contribution in [2.45, 2.75) is 0 Å². The zero-order valence-corrected chi connectivity index (χ0v) is 7.67. The van der Waals surface area contributed by atoms with Crippen LogP contribution in [0.2, 0.25) is 0 Å². The number of nitrogens with one attached hydrogen (secondary N) is 1. The minimum Gasteiger partial charge on any atom is -0.378 e. The summed E-state index contributed by atoms with van der Waals surface area (Å²) < 4.78 is 0. The molecule has 0 atom stereocenters. The van der Waals surface area contributed by atoms with Crippen LogP contribution in [0.25, 0.3) is 0 Å². The highest BCUT2D eigenvalue weighted by Gasteiger charge is 2.06. The number of rotatable bonds is 2. The van der Waals surface area contributed by atoms with E-state index in [0.717, 1.165) is 0 Å². The second-order valence-corrected chi connectivity index (χ2v) is 2.65. The molecule has 0 radical (unpaired) electrons. The van der Waals surface area contributed by atoms with Crippen molar-refractivity contribution in [1.82, 2.24) is 10.3 Å². The molecule has 0 fully saturated rings. The molecule has 1 heterocycles. The van der Waals surface area contributed by atoms with Gasteiger partial charge in [0.05, 0.1) is 10.6 Å². The van der Waals surface area contributed by atoms with Gasteiger partial charge in [0.1, 0.15) is 11.2 Å². The van der Waals surface area contributed by atoms with Gasteiger partial charge in [-0.1, -0.05) is 12.2 Å². The molecule has 0 aliphatic carbocycles. The lowest BCUT2D eigenvalue weighted by molar-refractivity contribution is -0.385. The lowest BCUT2D eigenvalue weighted by Gasteiger charge is -1.99. The van der Waals surface area contributed by atoms with Crippen molar-refractivity contribution in [3.63, 3.8) is 0 Å². The van der Waals surface area contributed by atoms with Gasteiger partial charge in [-0.3, -0.25) is 10.1 Å². The van der Waals surface area contributed by atoms with E-state index in [0.29, 0.717) is 10.7 Å². The molecule has 0 saturated carbocycles. The Hall–Kier alpha value is -1.56. The van der Waals surface area contributed by atoms with E-state index in [2.05, 4.69) is 10.3 Å². The number of hydrogen-bond donors (Lipinski definition) is 1. The van der Waals surface area contributed by atoms with Gasteiger partial charge >= 0.3 is 0 Å². The van der Waals surface area contributed by atoms with E-state index in [1.54, 1.807) is 7.05 Å². The lowest BCUT2D eigenvalue weighted by Crippen LogP contribution is -2.17. The Bertz CT molecular complexity index is 336. The monoisotopic (exact) mass is 197 g/mol. The topological polar surface area (TPSA) is 68.1 Å². The fourth-order valence-electron chi connectivity index (χ4n) is 0.756. The fraction of sp³-hybridized carbons (Fsp3) is 0.143. The molecule has 0 amide bonds. The Kier molecular flexibility index (Phi) is 2.86. The van der Waals surface area contributed by atoms with Crippen LogP contribution >= 0.6 is 12.2 Å². The molecule has 0 bridgehead atoms. The van der Waals surface area contributed by atoms with Gasteiger partial charge < -0.3 is 5.32 Å². The molecule has 0 aromatic carbocycles. The molecule has 6 heteroatoms. The van der Waals surface area contributed by atoms with Gasteiger partial charge in [0.25, 0.3) is 5.69 Å². The molecule has 68 valence electrons. The second-order valence-electron chi connectivity index (χ2n) is 2.24. The van der Waals surface area contributed by atoms with Crippen molar-refractivity contribution in [2.24, 2.45) is 0 Å². The Labute approximate surface area is 79.9 Å². The van der Waals surface area contributed by atoms with E-state index in [4.69, 9.17) is 12.2 Å². The molecule has 1 N–H and O–H groups in total. The largest absolute Gasteiger partial charge is 0.378 e. The van der Waals surface area contributed by atoms with Crippen LogP contribution in [-0.2, 0) is 0 Å². The lowest BCUT2D eigenvalue weighted by atomic mass is 10.3. The Morgan fingerprint density at radius 2 is 2.38 bits per heavy atom. The maximum absolute atomic E-state index is 10.3. The first-order chi connectivity index (χ1) is 6.15. The van der Waals surface area contributed by atoms with Crippen LogP contribution in [0.3, 0.4) is 0 Å². The van der Waals surface area contributed by atoms with Crippen molar-refractivity contribution in [3.8, 4) is 0 Å². The zero-order chi connectivity index (χ0) is 9.84. The highest BCUT2D eigenvalue weighted by Crippen LogP contribution is 2.08. The predicted molar refractivity (Wildman–Crippen MR) is 51.7 cm³/mol. The second kappa shape index (κ2) is 3.90. The molecule has 1 rings (SSSR count). The first-order valence-electron chi connectivity index (χ1n) is 3.47. The van der Waals surface area contributed by atoms with E-state index in [9.17, 15) is 10.1 Å². The first kappa shape index (κ1) is 9.53. The van der Waals surface area contributed by atoms with Crippen molar-refractivity contribution in [2.75, 3.05) is 7.05 Å². The van der Waals surface area contributed by atoms with Gasteiger partial charge in [-0.05, 0) is 6.07 Å². The van der Waals surface area contributed by atoms with Gasteiger partial charge in [0, 0.05) is 13.1 Å². The normalized spacial score (nSPS) is 9.31. The van der Waals surface area contributed by atoms with Crippen molar-refractivity contribution in [1.29, 1.82) is 0 Å². The minimum absolute atomic E-state index is 0.0392. The molecule has 1 aromatic heterocycles. The molecular weight excluding hydrogens is 190 g/mol. The van der Waals surface area contributed by atoms with E-state index < -0.39 is 4.92 Å². The van der Waals surface area contributed by atoms with E-state index in [1.165, 1.54) is 18.3 Å². The van der Waals surface area contributed by atoms with Crippen LogP contribution in [0.1, 0.15) is 5.69 Å². The summed E-state index contributed by atoms with van der Waals surface area (Å²) in [5.74, 6) is 0. The Balaban J connectivity index is 2.93. The summed E-state index contributed by atoms with van der Waals surface area (Å²) >= 11 is 4.89. The molecular formula is C7H7N3O2S. The molecule has 0 unspecified atom stereocenters. The molecule has 0 aliphatic heterocycles. The van der Waals surface area contributed by atoms with Crippen LogP contribution in [0.4, 0.5) is 5.69 Å². The van der Waals surface area contributed by atoms with Gasteiger partial charge in [-0.2, -0.15) is 0 Å². The molecule has 1 aromatic rings. The number of aromatic nitrogens is 1. The first-order valence-corrected chi connectivity index (χ1v) is 3.88. The van der Waals surface area contributed by atoms with E-state index in [-0.39, 0.29) is 5.69 Å². The summed E-state index contributed by atoms with van der Waals surface area (Å²) in [6, 6.07) is 2.88. The summed E-state index contributed by atoms with van der Waals surface area (Å²) in [4.78, 5) is 14.1. The quantitative estimate of drug-likeness (QED) is 0.433. The van der Waals surface area contributed by atoms with Crippen molar-refractivity contribution < 1.29 is 4.92 Å². The maximum Gasteiger partial charge on any atom is 0.287 e. The maximum atomic E-state index is 10.3. The smallest absolute Gasteiger partial charge is 0.287 e. The highest BCUT2D eigenvalue weighted by atomic mass is 32.1. The van der Waals surface area contributed by atoms with E-state index in [1.807, 2.05) is 0 Å². The van der Waals surface area contributed by atoms with Crippen LogP contribution in [0.15, 0.2) is 18.3 Å². The van der Waals surface area contributed by atoms with Gasteiger partial charge in [-0.25, -0.2) is 4.98 Å². The van der Waals surface area contributed by atoms with Crippen molar-refractivity contribution in [3.05, 3.63) is 34.1 Å². The van der Waals surface area contributed by atoms with Crippen LogP contribution < -0.4 is 5.32 Å². The average molecular weight is 197 g/mol. The van der Waals surface area contributed by atoms with Crippen molar-refractivity contribution >= 4 is 22.9 Å². The Morgan fingerprint density at radius 3 is 2.77 bits per heavy atom. The van der Waals surface area contributed by atoms with Gasteiger partial charge in [0.2, 0.25) is 0 Å².